The van der Waals surface area contributed by atoms with Crippen molar-refractivity contribution < 1.29 is 14.9 Å². The summed E-state index contributed by atoms with van der Waals surface area (Å²) in [4.78, 5) is 4.89. The van der Waals surface area contributed by atoms with Crippen molar-refractivity contribution >= 4 is 5.69 Å². The maximum absolute atomic E-state index is 10.9. The molecule has 0 radical (unpaired) electrons. The minimum absolute atomic E-state index is 0.362. The number of anilines is 1. The highest BCUT2D eigenvalue weighted by Gasteiger charge is 2.36. The Morgan fingerprint density at radius 2 is 1.76 bits per heavy atom. The molecule has 3 aromatic carbocycles. The predicted molar refractivity (Wildman–Crippen MR) is 165 cm³/mol. The molecule has 3 aromatic rings. The molecule has 41 heavy (non-hydrogen) atoms. The number of aryl methyl sites for hydroxylation is 1. The fourth-order valence-electron chi connectivity index (χ4n) is 7.14. The Hall–Kier alpha value is -3.06. The minimum atomic E-state index is -0.521. The molecule has 2 heterocycles. The summed E-state index contributed by atoms with van der Waals surface area (Å²) in [6.45, 7) is 8.70. The summed E-state index contributed by atoms with van der Waals surface area (Å²) >= 11 is 0. The molecule has 0 aromatic heterocycles. The van der Waals surface area contributed by atoms with Gasteiger partial charge in [0.15, 0.2) is 0 Å². The lowest BCUT2D eigenvalue weighted by molar-refractivity contribution is -0.0395. The standard InChI is InChI=1S/C35H45N3O3/c1-3-38(21-25-4-6-26(7-5-25)30-22-37(23-30)24-35(40)14-16-36-17-15-35)34-20-32(41-2)12-13-33(34)29-9-8-28-19-31(39)11-10-27(28)18-29/h4-7,10-13,19-20,29-30,36,39-40H,3,8-9,14-18,21-24H2,1-2H3. The van der Waals surface area contributed by atoms with Gasteiger partial charge in [-0.05, 0) is 104 Å². The van der Waals surface area contributed by atoms with E-state index in [0.29, 0.717) is 17.6 Å². The molecule has 0 spiro atoms. The van der Waals surface area contributed by atoms with Crippen LogP contribution in [0.15, 0.2) is 60.7 Å². The van der Waals surface area contributed by atoms with Gasteiger partial charge in [-0.3, -0.25) is 4.90 Å². The Morgan fingerprint density at radius 1 is 0.976 bits per heavy atom. The first-order valence-corrected chi connectivity index (χ1v) is 15.4. The van der Waals surface area contributed by atoms with E-state index in [0.717, 1.165) is 83.7 Å². The first kappa shape index (κ1) is 28.1. The number of phenolic OH excluding ortho intramolecular Hbond substituents is 1. The molecule has 0 saturated carbocycles. The van der Waals surface area contributed by atoms with Crippen LogP contribution in [0.3, 0.4) is 0 Å². The number of hydrogen-bond donors (Lipinski definition) is 3. The van der Waals surface area contributed by atoms with Crippen LogP contribution in [0.25, 0.3) is 0 Å². The minimum Gasteiger partial charge on any atom is -0.508 e. The Labute approximate surface area is 245 Å². The van der Waals surface area contributed by atoms with E-state index in [9.17, 15) is 10.2 Å². The van der Waals surface area contributed by atoms with E-state index in [2.05, 4.69) is 70.6 Å². The molecule has 1 unspecified atom stereocenters. The van der Waals surface area contributed by atoms with Crippen LogP contribution in [0.4, 0.5) is 5.69 Å². The van der Waals surface area contributed by atoms with Gasteiger partial charge >= 0.3 is 0 Å². The van der Waals surface area contributed by atoms with Crippen molar-refractivity contribution in [2.45, 2.75) is 63.0 Å². The summed E-state index contributed by atoms with van der Waals surface area (Å²) in [6, 6.07) is 21.6. The molecule has 6 nitrogen and oxygen atoms in total. The molecule has 6 heteroatoms. The van der Waals surface area contributed by atoms with Gasteiger partial charge in [-0.2, -0.15) is 0 Å². The molecular weight excluding hydrogens is 510 g/mol. The normalized spacial score (nSPS) is 20.7. The van der Waals surface area contributed by atoms with Crippen molar-refractivity contribution in [2.24, 2.45) is 0 Å². The number of phenols is 1. The number of nitrogens with one attached hydrogen (secondary N) is 1. The Balaban J connectivity index is 1.13. The molecule has 2 saturated heterocycles. The fraction of sp³-hybridized carbons (Fsp3) is 0.486. The van der Waals surface area contributed by atoms with Crippen LogP contribution in [0.2, 0.25) is 0 Å². The SMILES string of the molecule is CCN(Cc1ccc(C2CN(CC3(O)CCNCC3)C2)cc1)c1cc(OC)ccc1C1CCc2cc(O)ccc2C1. The number of β-amino-alcohol motifs (C(OH)–C–C–N with tert-alkyl or cyclic N) is 1. The number of nitrogens with zero attached hydrogens (tertiary/aromatic N) is 2. The number of benzene rings is 3. The third-order valence-electron chi connectivity index (χ3n) is 9.65. The molecule has 218 valence electrons. The summed E-state index contributed by atoms with van der Waals surface area (Å²) in [5.41, 5.74) is 7.46. The monoisotopic (exact) mass is 555 g/mol. The van der Waals surface area contributed by atoms with Crippen molar-refractivity contribution in [3.63, 3.8) is 0 Å². The highest BCUT2D eigenvalue weighted by Crippen LogP contribution is 2.40. The third-order valence-corrected chi connectivity index (χ3v) is 9.65. The van der Waals surface area contributed by atoms with E-state index >= 15 is 0 Å². The lowest BCUT2D eigenvalue weighted by Gasteiger charge is -2.45. The second-order valence-electron chi connectivity index (χ2n) is 12.4. The molecule has 2 fully saturated rings. The smallest absolute Gasteiger partial charge is 0.120 e. The van der Waals surface area contributed by atoms with Crippen LogP contribution in [-0.2, 0) is 19.4 Å². The molecule has 0 amide bonds. The highest BCUT2D eigenvalue weighted by molar-refractivity contribution is 5.60. The summed E-state index contributed by atoms with van der Waals surface area (Å²) < 4.78 is 5.66. The van der Waals surface area contributed by atoms with Crippen molar-refractivity contribution in [1.82, 2.24) is 10.2 Å². The number of hydrogen-bond acceptors (Lipinski definition) is 6. The summed E-state index contributed by atoms with van der Waals surface area (Å²) in [5, 5.41) is 24.2. The van der Waals surface area contributed by atoms with Gasteiger partial charge in [-0.1, -0.05) is 36.4 Å². The molecule has 0 bridgehead atoms. The Kier molecular flexibility index (Phi) is 8.25. The van der Waals surface area contributed by atoms with Crippen LogP contribution in [0, 0.1) is 0 Å². The van der Waals surface area contributed by atoms with Gasteiger partial charge < -0.3 is 25.2 Å². The largest absolute Gasteiger partial charge is 0.508 e. The van der Waals surface area contributed by atoms with Crippen LogP contribution in [-0.4, -0.2) is 67.1 Å². The zero-order chi connectivity index (χ0) is 28.4. The first-order valence-electron chi connectivity index (χ1n) is 15.4. The van der Waals surface area contributed by atoms with Crippen molar-refractivity contribution in [3.8, 4) is 11.5 Å². The average Bonchev–Trinajstić information content (AvgIpc) is 2.98. The van der Waals surface area contributed by atoms with E-state index in [1.165, 1.54) is 33.5 Å². The highest BCUT2D eigenvalue weighted by atomic mass is 16.5. The summed E-state index contributed by atoms with van der Waals surface area (Å²) in [7, 11) is 1.74. The van der Waals surface area contributed by atoms with Crippen molar-refractivity contribution in [3.05, 3.63) is 88.5 Å². The van der Waals surface area contributed by atoms with Crippen LogP contribution in [0.5, 0.6) is 11.5 Å². The van der Waals surface area contributed by atoms with Crippen LogP contribution in [0.1, 0.15) is 65.8 Å². The van der Waals surface area contributed by atoms with E-state index < -0.39 is 5.60 Å². The molecular formula is C35H45N3O3. The van der Waals surface area contributed by atoms with E-state index in [-0.39, 0.29) is 0 Å². The zero-order valence-electron chi connectivity index (χ0n) is 24.6. The van der Waals surface area contributed by atoms with E-state index in [1.807, 2.05) is 12.1 Å². The van der Waals surface area contributed by atoms with Crippen LogP contribution >= 0.6 is 0 Å². The molecule has 2 aliphatic heterocycles. The van der Waals surface area contributed by atoms with E-state index in [1.54, 1.807) is 7.11 Å². The van der Waals surface area contributed by atoms with Crippen LogP contribution < -0.4 is 15.0 Å². The molecule has 3 N–H and O–H groups in total. The van der Waals surface area contributed by atoms with Gasteiger partial charge in [-0.15, -0.1) is 0 Å². The van der Waals surface area contributed by atoms with Crippen molar-refractivity contribution in [2.75, 3.05) is 51.3 Å². The van der Waals surface area contributed by atoms with Gasteiger partial charge in [0.2, 0.25) is 0 Å². The van der Waals surface area contributed by atoms with Crippen molar-refractivity contribution in [1.29, 1.82) is 0 Å². The number of piperidine rings is 1. The number of rotatable bonds is 9. The predicted octanol–water partition coefficient (Wildman–Crippen LogP) is 5.21. The molecule has 3 aliphatic rings. The Bertz CT molecular complexity index is 1330. The van der Waals surface area contributed by atoms with Gasteiger partial charge in [0.25, 0.3) is 0 Å². The lowest BCUT2D eigenvalue weighted by atomic mass is 9.79. The molecule has 1 atom stereocenters. The van der Waals surface area contributed by atoms with E-state index in [4.69, 9.17) is 4.74 Å². The number of aromatic hydroxyl groups is 1. The number of methoxy groups -OCH3 is 1. The molecule has 1 aliphatic carbocycles. The Morgan fingerprint density at radius 3 is 2.49 bits per heavy atom. The summed E-state index contributed by atoms with van der Waals surface area (Å²) in [6.07, 6.45) is 4.76. The zero-order valence-corrected chi connectivity index (χ0v) is 24.6. The van der Waals surface area contributed by atoms with Gasteiger partial charge in [0.1, 0.15) is 11.5 Å². The fourth-order valence-corrected chi connectivity index (χ4v) is 7.14. The van der Waals surface area contributed by atoms with Gasteiger partial charge in [-0.25, -0.2) is 0 Å². The number of fused-ring (bicyclic) bond motifs is 1. The average molecular weight is 556 g/mol. The quantitative estimate of drug-likeness (QED) is 0.337. The summed E-state index contributed by atoms with van der Waals surface area (Å²) in [5.74, 6) is 2.25. The molecule has 6 rings (SSSR count). The van der Waals surface area contributed by atoms with Gasteiger partial charge in [0, 0.05) is 50.4 Å². The lowest BCUT2D eigenvalue weighted by Crippen LogP contribution is -2.55. The number of aliphatic hydroxyl groups is 1. The number of ether oxygens (including phenoxy) is 1. The maximum Gasteiger partial charge on any atom is 0.120 e. The maximum atomic E-state index is 10.9. The second kappa shape index (κ2) is 12.0. The van der Waals surface area contributed by atoms with Gasteiger partial charge in [0.05, 0.1) is 12.7 Å². The first-order chi connectivity index (χ1) is 19.9. The third kappa shape index (κ3) is 6.25. The topological polar surface area (TPSA) is 68.2 Å². The second-order valence-corrected chi connectivity index (χ2v) is 12.4. The number of likely N-dealkylation sites (tertiary alicyclic amines) is 1.